The van der Waals surface area contributed by atoms with Crippen LogP contribution in [-0.2, 0) is 11.3 Å². The molecule has 0 aliphatic carbocycles. The van der Waals surface area contributed by atoms with Crippen LogP contribution >= 0.6 is 15.9 Å². The number of hydrogen-bond donors (Lipinski definition) is 1. The highest BCUT2D eigenvalue weighted by atomic mass is 79.9. The molecular formula is C15H12BrN5O2. The maximum atomic E-state index is 12.1. The van der Waals surface area contributed by atoms with E-state index in [1.165, 1.54) is 10.7 Å². The van der Waals surface area contributed by atoms with Gasteiger partial charge in [-0.15, -0.1) is 5.10 Å². The van der Waals surface area contributed by atoms with Gasteiger partial charge in [0.25, 0.3) is 5.56 Å². The van der Waals surface area contributed by atoms with Gasteiger partial charge in [0.05, 0.1) is 0 Å². The normalized spacial score (nSPS) is 10.5. The van der Waals surface area contributed by atoms with Gasteiger partial charge in [0.1, 0.15) is 6.54 Å². The average molecular weight is 374 g/mol. The molecule has 116 valence electrons. The molecule has 2 aromatic heterocycles. The molecule has 0 aliphatic heterocycles. The first kappa shape index (κ1) is 15.2. The van der Waals surface area contributed by atoms with Gasteiger partial charge in [-0.05, 0) is 30.3 Å². The third-order valence-corrected chi connectivity index (χ3v) is 3.49. The molecule has 0 atom stereocenters. The SMILES string of the molecule is O=C(Cn1nc(-n2cccn2)ccc1=O)Nc1cccc(Br)c1. The molecule has 3 rings (SSSR count). The van der Waals surface area contributed by atoms with Crippen LogP contribution < -0.4 is 10.9 Å². The van der Waals surface area contributed by atoms with Crippen molar-refractivity contribution in [2.24, 2.45) is 0 Å². The molecule has 0 saturated carbocycles. The quantitative estimate of drug-likeness (QED) is 0.756. The van der Waals surface area contributed by atoms with Gasteiger partial charge in [-0.2, -0.15) is 5.10 Å². The van der Waals surface area contributed by atoms with E-state index in [0.717, 1.165) is 9.15 Å². The lowest BCUT2D eigenvalue weighted by Crippen LogP contribution is -2.30. The van der Waals surface area contributed by atoms with E-state index in [1.54, 1.807) is 36.7 Å². The van der Waals surface area contributed by atoms with Crippen molar-refractivity contribution < 1.29 is 4.79 Å². The highest BCUT2D eigenvalue weighted by molar-refractivity contribution is 9.10. The molecular weight excluding hydrogens is 362 g/mol. The molecule has 1 N–H and O–H groups in total. The number of aromatic nitrogens is 4. The molecule has 0 saturated heterocycles. The number of hydrogen-bond acceptors (Lipinski definition) is 4. The number of nitrogens with zero attached hydrogens (tertiary/aromatic N) is 4. The van der Waals surface area contributed by atoms with Gasteiger partial charge in [-0.1, -0.05) is 22.0 Å². The number of anilines is 1. The number of benzene rings is 1. The lowest BCUT2D eigenvalue weighted by Gasteiger charge is -2.08. The molecule has 1 aromatic carbocycles. The Morgan fingerprint density at radius 3 is 2.83 bits per heavy atom. The largest absolute Gasteiger partial charge is 0.324 e. The van der Waals surface area contributed by atoms with Crippen molar-refractivity contribution in [1.82, 2.24) is 19.6 Å². The highest BCUT2D eigenvalue weighted by Crippen LogP contribution is 2.15. The van der Waals surface area contributed by atoms with Gasteiger partial charge in [0, 0.05) is 28.6 Å². The van der Waals surface area contributed by atoms with Crippen LogP contribution in [0.25, 0.3) is 5.82 Å². The predicted octanol–water partition coefficient (Wildman–Crippen LogP) is 1.83. The summed E-state index contributed by atoms with van der Waals surface area (Å²) in [5.41, 5.74) is 0.283. The molecule has 0 aliphatic rings. The lowest BCUT2D eigenvalue weighted by atomic mass is 10.3. The smallest absolute Gasteiger partial charge is 0.267 e. The van der Waals surface area contributed by atoms with E-state index in [-0.39, 0.29) is 18.0 Å². The average Bonchev–Trinajstić information content (AvgIpc) is 3.04. The van der Waals surface area contributed by atoms with Crippen LogP contribution in [0.4, 0.5) is 5.69 Å². The van der Waals surface area contributed by atoms with Crippen molar-refractivity contribution in [2.45, 2.75) is 6.54 Å². The van der Waals surface area contributed by atoms with Crippen LogP contribution in [0.1, 0.15) is 0 Å². The van der Waals surface area contributed by atoms with E-state index in [1.807, 2.05) is 12.1 Å². The van der Waals surface area contributed by atoms with Gasteiger partial charge in [0.2, 0.25) is 5.91 Å². The Morgan fingerprint density at radius 1 is 1.22 bits per heavy atom. The lowest BCUT2D eigenvalue weighted by molar-refractivity contribution is -0.117. The summed E-state index contributed by atoms with van der Waals surface area (Å²) in [6.07, 6.45) is 3.32. The van der Waals surface area contributed by atoms with Gasteiger partial charge < -0.3 is 5.32 Å². The first-order valence-corrected chi connectivity index (χ1v) is 7.55. The molecule has 3 aromatic rings. The summed E-state index contributed by atoms with van der Waals surface area (Å²) in [4.78, 5) is 24.0. The third kappa shape index (κ3) is 3.72. The minimum atomic E-state index is -0.356. The Bertz CT molecular complexity index is 889. The fraction of sp³-hybridized carbons (Fsp3) is 0.0667. The Kier molecular flexibility index (Phi) is 4.33. The summed E-state index contributed by atoms with van der Waals surface area (Å²) in [6.45, 7) is -0.180. The summed E-state index contributed by atoms with van der Waals surface area (Å²) in [7, 11) is 0. The van der Waals surface area contributed by atoms with E-state index < -0.39 is 0 Å². The minimum absolute atomic E-state index is 0.180. The molecule has 2 heterocycles. The molecule has 0 radical (unpaired) electrons. The van der Waals surface area contributed by atoms with Gasteiger partial charge in [0.15, 0.2) is 5.82 Å². The second-order valence-electron chi connectivity index (χ2n) is 4.70. The number of carbonyl (C=O) groups is 1. The van der Waals surface area contributed by atoms with Gasteiger partial charge in [-0.3, -0.25) is 9.59 Å². The van der Waals surface area contributed by atoms with E-state index in [2.05, 4.69) is 31.4 Å². The summed E-state index contributed by atoms with van der Waals surface area (Å²) in [6, 6.07) is 11.9. The molecule has 7 nitrogen and oxygen atoms in total. The van der Waals surface area contributed by atoms with Crippen molar-refractivity contribution in [3.63, 3.8) is 0 Å². The zero-order valence-electron chi connectivity index (χ0n) is 11.9. The number of halogens is 1. The summed E-state index contributed by atoms with van der Waals surface area (Å²) < 4.78 is 3.47. The summed E-state index contributed by atoms with van der Waals surface area (Å²) >= 11 is 3.33. The standard InChI is InChI=1S/C15H12BrN5O2/c16-11-3-1-4-12(9-11)18-14(22)10-21-15(23)6-5-13(19-21)20-8-2-7-17-20/h1-9H,10H2,(H,18,22). The number of nitrogens with one attached hydrogen (secondary N) is 1. The van der Waals surface area contributed by atoms with Crippen molar-refractivity contribution in [3.05, 3.63) is 69.7 Å². The third-order valence-electron chi connectivity index (χ3n) is 2.99. The Labute approximate surface area is 139 Å². The first-order valence-electron chi connectivity index (χ1n) is 6.75. The molecule has 8 heteroatoms. The number of rotatable bonds is 4. The van der Waals surface area contributed by atoms with Gasteiger partial charge >= 0.3 is 0 Å². The fourth-order valence-electron chi connectivity index (χ4n) is 1.98. The molecule has 0 fully saturated rings. The van der Waals surface area contributed by atoms with Crippen molar-refractivity contribution in [2.75, 3.05) is 5.32 Å². The molecule has 23 heavy (non-hydrogen) atoms. The van der Waals surface area contributed by atoms with Crippen LogP contribution in [0.3, 0.4) is 0 Å². The summed E-state index contributed by atoms with van der Waals surface area (Å²) in [5, 5.41) is 10.9. The van der Waals surface area contributed by atoms with Crippen LogP contribution in [-0.4, -0.2) is 25.5 Å². The van der Waals surface area contributed by atoms with E-state index >= 15 is 0 Å². The molecule has 1 amide bonds. The first-order chi connectivity index (χ1) is 11.1. The maximum absolute atomic E-state index is 12.1. The Hall–Kier alpha value is -2.74. The zero-order valence-corrected chi connectivity index (χ0v) is 13.5. The Morgan fingerprint density at radius 2 is 2.09 bits per heavy atom. The Balaban J connectivity index is 1.78. The molecule has 0 unspecified atom stereocenters. The number of amides is 1. The van der Waals surface area contributed by atoms with E-state index in [0.29, 0.717) is 11.5 Å². The second kappa shape index (κ2) is 6.57. The van der Waals surface area contributed by atoms with Crippen LogP contribution in [0, 0.1) is 0 Å². The van der Waals surface area contributed by atoms with E-state index in [9.17, 15) is 9.59 Å². The van der Waals surface area contributed by atoms with Crippen molar-refractivity contribution in [1.29, 1.82) is 0 Å². The number of carbonyl (C=O) groups excluding carboxylic acids is 1. The summed E-state index contributed by atoms with van der Waals surface area (Å²) in [5.74, 6) is 0.125. The van der Waals surface area contributed by atoms with Crippen molar-refractivity contribution in [3.8, 4) is 5.82 Å². The van der Waals surface area contributed by atoms with Crippen LogP contribution in [0.2, 0.25) is 0 Å². The molecule has 0 bridgehead atoms. The fourth-order valence-corrected chi connectivity index (χ4v) is 2.38. The topological polar surface area (TPSA) is 81.8 Å². The van der Waals surface area contributed by atoms with Crippen molar-refractivity contribution >= 4 is 27.5 Å². The van der Waals surface area contributed by atoms with Crippen LogP contribution in [0.5, 0.6) is 0 Å². The maximum Gasteiger partial charge on any atom is 0.267 e. The van der Waals surface area contributed by atoms with E-state index in [4.69, 9.17) is 0 Å². The molecule has 0 spiro atoms. The highest BCUT2D eigenvalue weighted by Gasteiger charge is 2.08. The second-order valence-corrected chi connectivity index (χ2v) is 5.61. The monoisotopic (exact) mass is 373 g/mol. The minimum Gasteiger partial charge on any atom is -0.324 e. The van der Waals surface area contributed by atoms with Gasteiger partial charge in [-0.25, -0.2) is 9.36 Å². The van der Waals surface area contributed by atoms with Crippen LogP contribution in [0.15, 0.2) is 64.1 Å². The predicted molar refractivity (Wildman–Crippen MR) is 88.4 cm³/mol. The zero-order chi connectivity index (χ0) is 16.2.